The number of ether oxygens (including phenoxy) is 2. The number of amides is 1. The predicted octanol–water partition coefficient (Wildman–Crippen LogP) is 3.08. The van der Waals surface area contributed by atoms with Crippen molar-refractivity contribution in [2.24, 2.45) is 0 Å². The predicted molar refractivity (Wildman–Crippen MR) is 96.1 cm³/mol. The largest absolute Gasteiger partial charge is 0.471 e. The van der Waals surface area contributed by atoms with Gasteiger partial charge in [0.05, 0.1) is 12.2 Å². The molecule has 7 nitrogen and oxygen atoms in total. The summed E-state index contributed by atoms with van der Waals surface area (Å²) in [5.74, 6) is -1.12. The summed E-state index contributed by atoms with van der Waals surface area (Å²) < 4.78 is 44.6. The Hall–Kier alpha value is -2.94. The molecule has 9 heteroatoms. The summed E-state index contributed by atoms with van der Waals surface area (Å²) in [6.45, 7) is 1.54. The topological polar surface area (TPSA) is 68.0 Å². The molecule has 28 heavy (non-hydrogen) atoms. The van der Waals surface area contributed by atoms with Gasteiger partial charge < -0.3 is 18.9 Å². The first-order chi connectivity index (χ1) is 13.5. The van der Waals surface area contributed by atoms with Crippen molar-refractivity contribution in [1.82, 2.24) is 10.1 Å². The number of carbonyl (C=O) groups excluding carboxylic acids is 1. The molecule has 1 saturated heterocycles. The second-order valence-corrected chi connectivity index (χ2v) is 6.79. The second kappa shape index (κ2) is 7.59. The van der Waals surface area contributed by atoms with E-state index < -0.39 is 23.8 Å². The van der Waals surface area contributed by atoms with E-state index in [0.717, 1.165) is 6.54 Å². The Morgan fingerprint density at radius 3 is 2.75 bits per heavy atom. The zero-order valence-corrected chi connectivity index (χ0v) is 15.2. The van der Waals surface area contributed by atoms with Gasteiger partial charge in [-0.3, -0.25) is 4.90 Å². The molecule has 0 radical (unpaired) electrons. The molecule has 3 heterocycles. The van der Waals surface area contributed by atoms with Crippen LogP contribution in [0.3, 0.4) is 0 Å². The first-order valence-corrected chi connectivity index (χ1v) is 8.89. The van der Waals surface area contributed by atoms with Gasteiger partial charge in [-0.2, -0.15) is 0 Å². The summed E-state index contributed by atoms with van der Waals surface area (Å²) in [7, 11) is 1.95. The molecule has 1 aromatic heterocycles. The molecule has 0 saturated carbocycles. The van der Waals surface area contributed by atoms with E-state index in [9.17, 15) is 13.6 Å². The normalized spacial score (nSPS) is 20.2. The van der Waals surface area contributed by atoms with E-state index in [1.54, 1.807) is 0 Å². The monoisotopic (exact) mass is 391 g/mol. The van der Waals surface area contributed by atoms with E-state index in [1.165, 1.54) is 29.4 Å². The number of carbonyl (C=O) groups is 1. The third kappa shape index (κ3) is 3.70. The van der Waals surface area contributed by atoms with Crippen LogP contribution in [0, 0.1) is 11.6 Å². The van der Waals surface area contributed by atoms with Gasteiger partial charge in [-0.15, -0.1) is 0 Å². The fraction of sp³-hybridized carbons (Fsp3) is 0.368. The first kappa shape index (κ1) is 18.4. The summed E-state index contributed by atoms with van der Waals surface area (Å²) in [6, 6.07) is 3.86. The van der Waals surface area contributed by atoms with E-state index in [2.05, 4.69) is 14.6 Å². The quantitative estimate of drug-likeness (QED) is 0.780. The van der Waals surface area contributed by atoms with E-state index in [-0.39, 0.29) is 30.3 Å². The molecule has 2 aromatic rings. The smallest absolute Gasteiger partial charge is 0.414 e. The number of anilines is 1. The Balaban J connectivity index is 1.49. The summed E-state index contributed by atoms with van der Waals surface area (Å²) in [6.07, 6.45) is 2.48. The van der Waals surface area contributed by atoms with Crippen LogP contribution in [0.2, 0.25) is 0 Å². The molecule has 0 bridgehead atoms. The lowest BCUT2D eigenvalue weighted by atomic mass is 9.98. The molecule has 1 atom stereocenters. The minimum Gasteiger partial charge on any atom is -0.471 e. The summed E-state index contributed by atoms with van der Waals surface area (Å²) in [5, 5.41) is 3.60. The molecule has 0 spiro atoms. The lowest BCUT2D eigenvalue weighted by Crippen LogP contribution is -2.27. The fourth-order valence-electron chi connectivity index (χ4n) is 3.29. The summed E-state index contributed by atoms with van der Waals surface area (Å²) in [5.41, 5.74) is 0.721. The van der Waals surface area contributed by atoms with E-state index >= 15 is 0 Å². The highest BCUT2D eigenvalue weighted by atomic mass is 19.1. The van der Waals surface area contributed by atoms with Crippen LogP contribution in [0.5, 0.6) is 5.88 Å². The average molecular weight is 391 g/mol. The molecule has 0 unspecified atom stereocenters. The highest BCUT2D eigenvalue weighted by Gasteiger charge is 2.34. The van der Waals surface area contributed by atoms with E-state index in [0.29, 0.717) is 18.5 Å². The Morgan fingerprint density at radius 2 is 2.11 bits per heavy atom. The SMILES string of the molecule is CN1CC=C(c2c(F)cc(N3C[C@H](COc4ccon4)OC3=O)cc2F)CC1. The maximum absolute atomic E-state index is 14.7. The van der Waals surface area contributed by atoms with Crippen molar-refractivity contribution in [2.75, 3.05) is 38.2 Å². The Morgan fingerprint density at radius 1 is 1.32 bits per heavy atom. The van der Waals surface area contributed by atoms with Crippen molar-refractivity contribution in [3.8, 4) is 5.88 Å². The number of hydrogen-bond acceptors (Lipinski definition) is 6. The summed E-state index contributed by atoms with van der Waals surface area (Å²) in [4.78, 5) is 15.4. The number of halogens is 2. The molecule has 1 amide bonds. The number of aromatic nitrogens is 1. The van der Waals surface area contributed by atoms with E-state index in [4.69, 9.17) is 9.47 Å². The number of likely N-dealkylation sites (N-methyl/N-ethyl adjacent to an activating group) is 1. The van der Waals surface area contributed by atoms with Crippen molar-refractivity contribution in [1.29, 1.82) is 0 Å². The fourth-order valence-corrected chi connectivity index (χ4v) is 3.29. The number of hydrogen-bond donors (Lipinski definition) is 0. The molecular weight excluding hydrogens is 372 g/mol. The zero-order valence-electron chi connectivity index (χ0n) is 15.2. The Kier molecular flexibility index (Phi) is 4.99. The molecule has 0 N–H and O–H groups in total. The van der Waals surface area contributed by atoms with Gasteiger partial charge >= 0.3 is 6.09 Å². The minimum atomic E-state index is -0.694. The molecule has 0 aliphatic carbocycles. The van der Waals surface area contributed by atoms with Crippen LogP contribution in [0.1, 0.15) is 12.0 Å². The van der Waals surface area contributed by atoms with Gasteiger partial charge in [0.25, 0.3) is 5.88 Å². The van der Waals surface area contributed by atoms with Crippen molar-refractivity contribution in [3.63, 3.8) is 0 Å². The second-order valence-electron chi connectivity index (χ2n) is 6.79. The van der Waals surface area contributed by atoms with Crippen molar-refractivity contribution in [3.05, 3.63) is 47.7 Å². The maximum atomic E-state index is 14.7. The van der Waals surface area contributed by atoms with Gasteiger partial charge in [0.2, 0.25) is 0 Å². The standard InChI is InChI=1S/C19H19F2N3O4/c1-23-5-2-12(3-6-23)18-15(20)8-13(9-16(18)21)24-10-14(28-19(24)25)11-26-17-4-7-27-22-17/h2,4,7-9,14H,3,5-6,10-11H2,1H3/t14-/m1/s1. The van der Waals surface area contributed by atoms with Crippen molar-refractivity contribution >= 4 is 17.4 Å². The summed E-state index contributed by atoms with van der Waals surface area (Å²) >= 11 is 0. The molecule has 148 valence electrons. The number of cyclic esters (lactones) is 1. The number of benzene rings is 1. The average Bonchev–Trinajstić information content (AvgIpc) is 3.30. The molecule has 2 aliphatic rings. The van der Waals surface area contributed by atoms with Crippen molar-refractivity contribution < 1.29 is 27.6 Å². The highest BCUT2D eigenvalue weighted by molar-refractivity contribution is 5.90. The minimum absolute atomic E-state index is 0.0321. The molecule has 2 aliphatic heterocycles. The third-order valence-corrected chi connectivity index (χ3v) is 4.78. The molecule has 1 fully saturated rings. The van der Waals surface area contributed by atoms with Gasteiger partial charge in [0, 0.05) is 24.7 Å². The third-order valence-electron chi connectivity index (χ3n) is 4.78. The van der Waals surface area contributed by atoms with E-state index in [1.807, 2.05) is 13.1 Å². The van der Waals surface area contributed by atoms with Gasteiger partial charge in [-0.1, -0.05) is 6.08 Å². The Labute approximate surface area is 160 Å². The highest BCUT2D eigenvalue weighted by Crippen LogP contribution is 2.32. The number of rotatable bonds is 5. The van der Waals surface area contributed by atoms with Crippen molar-refractivity contribution in [2.45, 2.75) is 12.5 Å². The molecule has 4 rings (SSSR count). The van der Waals surface area contributed by atoms with Crippen LogP contribution < -0.4 is 9.64 Å². The lowest BCUT2D eigenvalue weighted by Gasteiger charge is -2.23. The molecular formula is C19H19F2N3O4. The van der Waals surface area contributed by atoms with Crippen LogP contribution in [0.15, 0.2) is 35.1 Å². The van der Waals surface area contributed by atoms with Crippen LogP contribution in [0.25, 0.3) is 5.57 Å². The number of nitrogens with zero attached hydrogens (tertiary/aromatic N) is 3. The van der Waals surface area contributed by atoms with Gasteiger partial charge in [-0.05, 0) is 36.3 Å². The first-order valence-electron chi connectivity index (χ1n) is 8.89. The molecule has 1 aromatic carbocycles. The van der Waals surface area contributed by atoms with Crippen LogP contribution in [-0.4, -0.2) is 55.5 Å². The van der Waals surface area contributed by atoms with Gasteiger partial charge in [-0.25, -0.2) is 13.6 Å². The van der Waals surface area contributed by atoms with Gasteiger partial charge in [0.1, 0.15) is 24.5 Å². The maximum Gasteiger partial charge on any atom is 0.414 e. The van der Waals surface area contributed by atoms with Crippen LogP contribution >= 0.6 is 0 Å². The van der Waals surface area contributed by atoms with Gasteiger partial charge in [0.15, 0.2) is 6.10 Å². The lowest BCUT2D eigenvalue weighted by molar-refractivity contribution is 0.102. The zero-order chi connectivity index (χ0) is 19.7. The Bertz CT molecular complexity index is 878. The van der Waals surface area contributed by atoms with Crippen LogP contribution in [-0.2, 0) is 4.74 Å². The van der Waals surface area contributed by atoms with Crippen LogP contribution in [0.4, 0.5) is 19.3 Å².